The zero-order valence-electron chi connectivity index (χ0n) is 63.2. The van der Waals surface area contributed by atoms with E-state index in [2.05, 4.69) is 40.7 Å². The van der Waals surface area contributed by atoms with E-state index in [4.69, 9.17) is 66.3 Å². The topological polar surface area (TPSA) is 672 Å². The molecule has 0 aromatic rings. The Hall–Kier alpha value is -2.35. The molecule has 42 atom stereocenters. The van der Waals surface area contributed by atoms with Gasteiger partial charge in [-0.2, -0.15) is 0 Å². The summed E-state index contributed by atoms with van der Waals surface area (Å²) in [6, 6.07) is 0. The predicted octanol–water partition coefficient (Wildman–Crippen LogP) is -10.3. The van der Waals surface area contributed by atoms with Crippen molar-refractivity contribution in [3.63, 3.8) is 0 Å². The van der Waals surface area contributed by atoms with E-state index in [0.29, 0.717) is 51.4 Å². The lowest BCUT2D eigenvalue weighted by atomic mass is 9.33. The molecule has 7 aliphatic heterocycles. The van der Waals surface area contributed by atoms with Gasteiger partial charge in [-0.05, 0) is 116 Å². The number of carbonyl (C=O) groups excluding carboxylic acids is 1. The minimum atomic E-state index is -4.29. The molecule has 0 radical (unpaired) electrons. The third-order valence-corrected chi connectivity index (χ3v) is 27.8. The van der Waals surface area contributed by atoms with Crippen LogP contribution in [0.4, 0.5) is 0 Å². The molecule has 12 aliphatic rings. The summed E-state index contributed by atoms with van der Waals surface area (Å²) in [6.45, 7) is 9.55. The predicted molar refractivity (Wildman–Crippen MR) is 359 cm³/mol. The highest BCUT2D eigenvalue weighted by atomic mass is 17.0. The highest BCUT2D eigenvalue weighted by Gasteiger charge is 2.76. The zero-order chi connectivity index (χ0) is 82.6. The van der Waals surface area contributed by atoms with Crippen LogP contribution in [-0.2, 0) is 71.1 Å². The Morgan fingerprint density at radius 1 is 0.509 bits per heavy atom. The first-order valence-corrected chi connectivity index (χ1v) is 38.2. The van der Waals surface area contributed by atoms with Gasteiger partial charge in [0.05, 0.1) is 57.3 Å². The second-order valence-electron chi connectivity index (χ2n) is 35.1. The number of rotatable bonds is 19. The number of esters is 1. The summed E-state index contributed by atoms with van der Waals surface area (Å²) in [5.74, 6) is -20.7. The van der Waals surface area contributed by atoms with Crippen LogP contribution in [0.25, 0.3) is 0 Å². The van der Waals surface area contributed by atoms with E-state index in [0.717, 1.165) is 5.57 Å². The monoisotopic (exact) mass is 1620 g/mol. The number of allylic oxidation sites excluding steroid dienone is 2. The molecule has 14 unspecified atom stereocenters. The maximum Gasteiger partial charge on any atom is 0.357 e. The fourth-order valence-corrected chi connectivity index (χ4v) is 20.8. The molecule has 41 nitrogen and oxygen atoms in total. The van der Waals surface area contributed by atoms with Gasteiger partial charge in [0.2, 0.25) is 0 Å². The van der Waals surface area contributed by atoms with Gasteiger partial charge in [0.25, 0.3) is 5.79 Å². The molecule has 0 bridgehead atoms. The van der Waals surface area contributed by atoms with Gasteiger partial charge >= 0.3 is 29.9 Å². The molecule has 0 spiro atoms. The number of carbonyl (C=O) groups is 1. The average molecular weight is 1630 g/mol. The van der Waals surface area contributed by atoms with Gasteiger partial charge in [-0.15, -0.1) is 0 Å². The molecule has 41 heteroatoms. The van der Waals surface area contributed by atoms with Crippen molar-refractivity contribution in [1.82, 2.24) is 0 Å². The van der Waals surface area contributed by atoms with E-state index < -0.39 is 292 Å². The summed E-state index contributed by atoms with van der Waals surface area (Å²) in [4.78, 5) is 15.5. The second kappa shape index (κ2) is 31.6. The maximum absolute atomic E-state index is 15.5. The van der Waals surface area contributed by atoms with Crippen molar-refractivity contribution in [3.05, 3.63) is 11.6 Å². The Labute approximate surface area is 642 Å². The van der Waals surface area contributed by atoms with Gasteiger partial charge in [-0.25, -0.2) is 0 Å². The minimum Gasteiger partial charge on any atom is -0.405 e. The van der Waals surface area contributed by atoms with Gasteiger partial charge in [0.15, 0.2) is 37.2 Å². The molecular formula is C71H116O41. The summed E-state index contributed by atoms with van der Waals surface area (Å²) >= 11 is 0. The Morgan fingerprint density at radius 3 is 1.77 bits per heavy atom. The Balaban J connectivity index is 0.756. The van der Waals surface area contributed by atoms with Gasteiger partial charge in [-0.3, -0.25) is 9.53 Å². The lowest BCUT2D eigenvalue weighted by Gasteiger charge is -2.71. The van der Waals surface area contributed by atoms with Crippen molar-refractivity contribution in [3.8, 4) is 0 Å². The van der Waals surface area contributed by atoms with Gasteiger partial charge in [0.1, 0.15) is 134 Å². The lowest BCUT2D eigenvalue weighted by Crippen LogP contribution is -2.80. The van der Waals surface area contributed by atoms with Crippen LogP contribution in [-0.4, -0.2) is 392 Å². The number of hydrogen-bond donors (Lipinski definition) is 26. The molecular weight excluding hydrogens is 1510 g/mol. The molecule has 5 aliphatic carbocycles. The fraction of sp³-hybridized carbons (Fsp3) is 0.958. The van der Waals surface area contributed by atoms with Crippen molar-refractivity contribution in [2.75, 3.05) is 39.6 Å². The summed E-state index contributed by atoms with van der Waals surface area (Å²) < 4.78 is 79.7. The van der Waals surface area contributed by atoms with Crippen LogP contribution in [0.5, 0.6) is 0 Å². The molecule has 7 heterocycles. The maximum atomic E-state index is 15.5. The molecule has 12 rings (SSSR count). The summed E-state index contributed by atoms with van der Waals surface area (Å²) in [5.41, 5.74) is -3.10. The fourth-order valence-electron chi connectivity index (χ4n) is 20.8. The third kappa shape index (κ3) is 14.4. The molecule has 112 heavy (non-hydrogen) atoms. The first kappa shape index (κ1) is 88.9. The Kier molecular flexibility index (Phi) is 25.1. The van der Waals surface area contributed by atoms with Crippen molar-refractivity contribution < 1.29 is 204 Å². The molecule has 7 saturated heterocycles. The van der Waals surface area contributed by atoms with E-state index in [-0.39, 0.29) is 30.1 Å². The van der Waals surface area contributed by atoms with Crippen molar-refractivity contribution in [2.45, 2.75) is 333 Å². The van der Waals surface area contributed by atoms with Crippen LogP contribution in [0.2, 0.25) is 0 Å². The highest BCUT2D eigenvalue weighted by Crippen LogP contribution is 2.76. The average Bonchev–Trinajstić information content (AvgIpc) is 0.678. The molecule has 646 valence electrons. The Morgan fingerprint density at radius 2 is 1.12 bits per heavy atom. The smallest absolute Gasteiger partial charge is 0.357 e. The summed E-state index contributed by atoms with van der Waals surface area (Å²) in [7, 11) is 0. The van der Waals surface area contributed by atoms with Crippen LogP contribution >= 0.6 is 0 Å². The molecule has 0 aromatic heterocycles. The number of hydrogen-bond acceptors (Lipinski definition) is 41. The normalized spacial score (nSPS) is 55.6. The second-order valence-corrected chi connectivity index (χ2v) is 35.1. The van der Waals surface area contributed by atoms with Crippen LogP contribution in [0, 0.1) is 50.2 Å². The van der Waals surface area contributed by atoms with E-state index >= 15 is 4.79 Å². The van der Waals surface area contributed by atoms with Crippen LogP contribution in [0.15, 0.2) is 11.6 Å². The minimum absolute atomic E-state index is 0.0374. The molecule has 11 fully saturated rings. The number of aliphatic hydroxyl groups excluding tert-OH is 22. The first-order chi connectivity index (χ1) is 52.0. The molecule has 0 aromatic carbocycles. The molecule has 4 saturated carbocycles. The summed E-state index contributed by atoms with van der Waals surface area (Å²) in [6.07, 6.45) is -56.9. The van der Waals surface area contributed by atoms with Crippen molar-refractivity contribution in [1.29, 1.82) is 0 Å². The number of aliphatic hydroxyl groups is 26. The van der Waals surface area contributed by atoms with E-state index in [1.165, 1.54) is 6.92 Å². The highest BCUT2D eigenvalue weighted by molar-refractivity contribution is 5.79. The SMILES string of the molecule is C[C@H]1OC(O[C@@H]2C(CO)O[C@@](O)(OCC3O[C@@](O)(OC(=O)[C@]45CCC(C)(C)C[C@H]4C4=CCC6[C@@]7(C)CC[C@H](O[C@@H]8OC[C@H](O)C(O[C@@]9(O[C@]%10(O)C(O)[C@H](O)C(CO)O[C@@]%10(O)OC%10[C@H](O)C(CO)O[C@H](O)[C@H]%10O)OC(CO)[C@@H](O)C(O)[C@@H]9O)[C@@H]8O)C(C)(C)C7CC[C@@]6(C)[C@]4(C)CC5)[C@@H](O)C(O)[C@@H]3O)[C@@H](O)C2O)[C@@H](O)[C@@H](O)[C@@H]1O. The zero-order valence-corrected chi connectivity index (χ0v) is 63.2. The van der Waals surface area contributed by atoms with Gasteiger partial charge < -0.3 is 194 Å². The van der Waals surface area contributed by atoms with E-state index in [9.17, 15) is 133 Å². The van der Waals surface area contributed by atoms with Gasteiger partial charge in [-0.1, -0.05) is 60.1 Å². The van der Waals surface area contributed by atoms with E-state index in [1.807, 2.05) is 13.8 Å². The van der Waals surface area contributed by atoms with Crippen LogP contribution < -0.4 is 0 Å². The van der Waals surface area contributed by atoms with Crippen LogP contribution in [0.1, 0.15) is 120 Å². The number of fused-ring (bicyclic) bond motifs is 7. The Bertz CT molecular complexity index is 3310. The van der Waals surface area contributed by atoms with Gasteiger partial charge in [0, 0.05) is 0 Å². The van der Waals surface area contributed by atoms with Crippen molar-refractivity contribution >= 4 is 5.97 Å². The van der Waals surface area contributed by atoms with Crippen LogP contribution in [0.3, 0.4) is 0 Å². The van der Waals surface area contributed by atoms with Crippen molar-refractivity contribution in [2.24, 2.45) is 50.2 Å². The molecule has 0 amide bonds. The molecule has 26 N–H and O–H groups in total. The standard InChI is InChI=1S/C71H116O41/c1-26-38(77)43(82)46(85)59(101-26)104-51-33(23-75)105-68(96,55(91)47(51)86)100-25-34-40(79)44(83)54(90)69(97,106-34)111-60(94)66-17-15-61(2,3)19-28(66)27-9-10-36-63(6)13-12-37(62(4,5)35(63)11-14-65(36,8)64(27,7)16-18-66)103-58-49(88)50(29(76)24-99-58)109-70(56(92)45(84)39(78)31(21-73)107-70)112-67(95)53(89)42(81)32(22-74)108-71(67,98)110-52-41(80)30(20-72)102-57(93)48(52)87/h9,26,28-59,72-93,95-98H,10-25H2,1-8H3/t26-,28+,29+,30?,31?,32?,33?,34?,35?,36?,37+,38-,39-,40-,41-,42-,43+,44?,45?,46+,47?,48+,49+,50?,51-,52?,53?,54+,55+,56+,57+,58+,59?,63+,64-,65-,66+,67-,68+,69-,70+,71-/m1/s1. The largest absolute Gasteiger partial charge is 0.405 e. The van der Waals surface area contributed by atoms with E-state index in [1.54, 1.807) is 0 Å². The number of ether oxygens (including phenoxy) is 14. The first-order valence-electron chi connectivity index (χ1n) is 38.2. The quantitative estimate of drug-likeness (QED) is 0.0247. The summed E-state index contributed by atoms with van der Waals surface area (Å²) in [5, 5.41) is 291. The lowest BCUT2D eigenvalue weighted by molar-refractivity contribution is -0.600. The third-order valence-electron chi connectivity index (χ3n) is 27.8.